The van der Waals surface area contributed by atoms with Gasteiger partial charge in [-0.1, -0.05) is 20.1 Å². The molecule has 5 nitrogen and oxygen atoms in total. The lowest BCUT2D eigenvalue weighted by Gasteiger charge is -2.41. The molecule has 0 aliphatic carbocycles. The minimum Gasteiger partial charge on any atom is -0.462 e. The predicted octanol–water partition coefficient (Wildman–Crippen LogP) is 5.96. The van der Waals surface area contributed by atoms with Crippen molar-refractivity contribution in [2.24, 2.45) is 0 Å². The Morgan fingerprint density at radius 2 is 1.48 bits per heavy atom. The van der Waals surface area contributed by atoms with Crippen LogP contribution in [-0.2, 0) is 22.6 Å². The van der Waals surface area contributed by atoms with Crippen molar-refractivity contribution in [3.63, 3.8) is 0 Å². The van der Waals surface area contributed by atoms with Crippen LogP contribution in [-0.4, -0.2) is 43.6 Å². The maximum atomic E-state index is 11.9. The molecule has 0 saturated carbocycles. The van der Waals surface area contributed by atoms with Crippen LogP contribution in [0.1, 0.15) is 40.0 Å². The first kappa shape index (κ1) is 28.2. The van der Waals surface area contributed by atoms with Gasteiger partial charge in [0.2, 0.25) is 0 Å². The van der Waals surface area contributed by atoms with E-state index in [2.05, 4.69) is 59.4 Å². The molecule has 1 atom stereocenters. The molecule has 0 aromatic carbocycles. The predicted molar refractivity (Wildman–Crippen MR) is 128 cm³/mol. The van der Waals surface area contributed by atoms with Gasteiger partial charge in [0.1, 0.15) is 0 Å². The van der Waals surface area contributed by atoms with Gasteiger partial charge in [-0.25, -0.2) is 4.79 Å². The number of rotatable bonds is 14. The number of hydrogen-bond acceptors (Lipinski definition) is 5. The van der Waals surface area contributed by atoms with E-state index in [1.54, 1.807) is 13.8 Å². The normalized spacial score (nSPS) is 13.7. The van der Waals surface area contributed by atoms with Crippen LogP contribution in [0.3, 0.4) is 0 Å². The summed E-state index contributed by atoms with van der Waals surface area (Å²) in [6.45, 7) is 26.3. The molecule has 0 aromatic heterocycles. The second-order valence-electron chi connectivity index (χ2n) is 9.63. The van der Waals surface area contributed by atoms with Gasteiger partial charge in [0.25, 0.3) is 0 Å². The van der Waals surface area contributed by atoms with Crippen molar-refractivity contribution in [1.29, 1.82) is 0 Å². The summed E-state index contributed by atoms with van der Waals surface area (Å²) >= 11 is 0. The first-order chi connectivity index (χ1) is 13.0. The van der Waals surface area contributed by atoms with Crippen molar-refractivity contribution >= 4 is 36.9 Å². The molecule has 0 fully saturated rings. The molecule has 8 heteroatoms. The summed E-state index contributed by atoms with van der Waals surface area (Å²) in [5.74, 6) is -0.203. The molecule has 1 unspecified atom stereocenters. The van der Waals surface area contributed by atoms with Crippen LogP contribution < -0.4 is 0 Å². The molecule has 0 saturated heterocycles. The number of ether oxygens (including phenoxy) is 1. The van der Waals surface area contributed by atoms with Crippen LogP contribution in [0, 0.1) is 0 Å². The summed E-state index contributed by atoms with van der Waals surface area (Å²) in [7, 11) is -6.27. The van der Waals surface area contributed by atoms with Crippen LogP contribution in [0.25, 0.3) is 0 Å². The van der Waals surface area contributed by atoms with Gasteiger partial charge in [0.15, 0.2) is 22.4 Å². The summed E-state index contributed by atoms with van der Waals surface area (Å²) in [5, 5.41) is 0. The molecule has 0 aromatic rings. The first-order valence-electron chi connectivity index (χ1n) is 10.4. The fraction of sp³-hybridized carbons (Fsp3) is 0.714. The number of carbonyl (C=O) groups excluding carboxylic acids is 2. The average Bonchev–Trinajstić information content (AvgIpc) is 2.53. The number of ketones is 1. The molecule has 0 N–H and O–H groups in total. The van der Waals surface area contributed by atoms with Gasteiger partial charge >= 0.3 is 14.5 Å². The third-order valence-corrected chi connectivity index (χ3v) is 17.5. The van der Waals surface area contributed by atoms with Gasteiger partial charge in [-0.05, 0) is 83.1 Å². The van der Waals surface area contributed by atoms with Crippen molar-refractivity contribution in [1.82, 2.24) is 0 Å². The van der Waals surface area contributed by atoms with Gasteiger partial charge in [-0.2, -0.15) is 0 Å². The second-order valence-corrected chi connectivity index (χ2v) is 22.3. The Hall–Kier alpha value is -0.809. The fourth-order valence-electron chi connectivity index (χ4n) is 3.17. The number of allylic oxidation sites excluding steroid dienone is 1. The monoisotopic (exact) mass is 458 g/mol. The van der Waals surface area contributed by atoms with Crippen LogP contribution in [0.5, 0.6) is 0 Å². The van der Waals surface area contributed by atoms with Crippen LogP contribution in [0.2, 0.25) is 50.9 Å². The fourth-order valence-corrected chi connectivity index (χ4v) is 17.1. The van der Waals surface area contributed by atoms with E-state index < -0.39 is 25.2 Å². The Kier molecular flexibility index (Phi) is 11.2. The Bertz CT molecular complexity index is 611. The summed E-state index contributed by atoms with van der Waals surface area (Å²) in [4.78, 5) is 23.4. The molecule has 0 radical (unpaired) electrons. The molecule has 0 heterocycles. The third kappa shape index (κ3) is 11.8. The van der Waals surface area contributed by atoms with E-state index in [1.807, 2.05) is 0 Å². The van der Waals surface area contributed by atoms with E-state index in [9.17, 15) is 9.59 Å². The summed E-state index contributed by atoms with van der Waals surface area (Å²) < 4.78 is 18.4. The molecular weight excluding hydrogens is 416 g/mol. The number of hydrogen-bond donors (Lipinski definition) is 0. The van der Waals surface area contributed by atoms with Crippen molar-refractivity contribution < 1.29 is 22.6 Å². The lowest BCUT2D eigenvalue weighted by Crippen LogP contribution is -2.53. The number of carbonyl (C=O) groups is 2. The highest BCUT2D eigenvalue weighted by Crippen LogP contribution is 2.32. The van der Waals surface area contributed by atoms with Gasteiger partial charge in [-0.3, -0.25) is 4.79 Å². The molecule has 0 aliphatic rings. The summed E-state index contributed by atoms with van der Waals surface area (Å²) in [6.07, 6.45) is 2.13. The molecule has 168 valence electrons. The molecule has 0 rings (SSSR count). The van der Waals surface area contributed by atoms with Gasteiger partial charge < -0.3 is 13.0 Å². The van der Waals surface area contributed by atoms with E-state index in [4.69, 9.17) is 13.0 Å². The lowest BCUT2D eigenvalue weighted by atomic mass is 10.1. The summed E-state index contributed by atoms with van der Waals surface area (Å²) in [6, 6.07) is 0.904. The molecular formula is C21H42O5Si3. The lowest BCUT2D eigenvalue weighted by molar-refractivity contribution is -0.138. The smallest absolute Gasteiger partial charge is 0.333 e. The largest absolute Gasteiger partial charge is 0.462 e. The molecule has 29 heavy (non-hydrogen) atoms. The molecule has 0 bridgehead atoms. The number of Topliss-reactive ketones (excluding diaryl/α,β-unsaturated/α-hetero) is 1. The first-order valence-corrected chi connectivity index (χ1v) is 19.3. The second kappa shape index (κ2) is 11.5. The Labute approximate surface area is 181 Å². The highest BCUT2D eigenvalue weighted by atomic mass is 28.5. The topological polar surface area (TPSA) is 61.8 Å². The zero-order valence-electron chi connectivity index (χ0n) is 20.1. The van der Waals surface area contributed by atoms with Gasteiger partial charge in [0.05, 0.1) is 6.61 Å². The Morgan fingerprint density at radius 1 is 0.931 bits per heavy atom. The number of esters is 1. The zero-order chi connectivity index (χ0) is 23.0. The average molecular weight is 459 g/mol. The maximum absolute atomic E-state index is 11.9. The quantitative estimate of drug-likeness (QED) is 0.139. The SMILES string of the molecule is C=C(C)C(=O)CCC(C)[Si](C)(C)O[Si](C)(C)O[Si](C)(C)CCCOC(=O)C(=C)C. The Morgan fingerprint density at radius 3 is 1.97 bits per heavy atom. The summed E-state index contributed by atoms with van der Waals surface area (Å²) in [5.41, 5.74) is 1.40. The highest BCUT2D eigenvalue weighted by Gasteiger charge is 2.41. The van der Waals surface area contributed by atoms with E-state index in [0.717, 1.165) is 18.9 Å². The van der Waals surface area contributed by atoms with E-state index >= 15 is 0 Å². The Balaban J connectivity index is 4.68. The third-order valence-electron chi connectivity index (χ3n) is 5.00. The van der Waals surface area contributed by atoms with Crippen molar-refractivity contribution in [2.45, 2.75) is 90.9 Å². The van der Waals surface area contributed by atoms with Crippen LogP contribution in [0.4, 0.5) is 0 Å². The van der Waals surface area contributed by atoms with Crippen LogP contribution in [0.15, 0.2) is 24.3 Å². The molecule has 0 aliphatic heterocycles. The standard InChI is InChI=1S/C21H42O5Si3/c1-17(2)20(22)14-13-19(5)28(8,9)26-29(10,11)25-27(6,7)16-12-15-24-21(23)18(3)4/h19H,1,3,12-16H2,2,4-11H3. The minimum atomic E-state index is -2.32. The van der Waals surface area contributed by atoms with Crippen LogP contribution >= 0.6 is 0 Å². The van der Waals surface area contributed by atoms with Crippen molar-refractivity contribution in [2.75, 3.05) is 6.61 Å². The van der Waals surface area contributed by atoms with E-state index in [1.165, 1.54) is 0 Å². The molecule has 0 spiro atoms. The van der Waals surface area contributed by atoms with Crippen molar-refractivity contribution in [3.8, 4) is 0 Å². The van der Waals surface area contributed by atoms with E-state index in [-0.39, 0.29) is 11.8 Å². The van der Waals surface area contributed by atoms with Gasteiger partial charge in [-0.15, -0.1) is 0 Å². The maximum Gasteiger partial charge on any atom is 0.333 e. The highest BCUT2D eigenvalue weighted by molar-refractivity contribution is 6.88. The zero-order valence-corrected chi connectivity index (χ0v) is 23.1. The van der Waals surface area contributed by atoms with Crippen molar-refractivity contribution in [3.05, 3.63) is 24.3 Å². The van der Waals surface area contributed by atoms with E-state index in [0.29, 0.717) is 29.7 Å². The minimum absolute atomic E-state index is 0.135. The van der Waals surface area contributed by atoms with Gasteiger partial charge in [0, 0.05) is 12.0 Å². The molecule has 0 amide bonds.